The van der Waals surface area contributed by atoms with Gasteiger partial charge in [-0.05, 0) is 38.1 Å². The second-order valence-electron chi connectivity index (χ2n) is 6.32. The quantitative estimate of drug-likeness (QED) is 0.793. The van der Waals surface area contributed by atoms with Crippen molar-refractivity contribution in [3.63, 3.8) is 0 Å². The topological polar surface area (TPSA) is 21.3 Å². The number of ether oxygens (including phenoxy) is 1. The minimum atomic E-state index is 0.588. The summed E-state index contributed by atoms with van der Waals surface area (Å²) >= 11 is 0. The van der Waals surface area contributed by atoms with Crippen molar-refractivity contribution in [2.24, 2.45) is 11.8 Å². The van der Waals surface area contributed by atoms with E-state index in [0.29, 0.717) is 12.2 Å². The summed E-state index contributed by atoms with van der Waals surface area (Å²) in [6, 6.07) is 0.735. The molecule has 4 unspecified atom stereocenters. The molecule has 0 radical (unpaired) electrons. The van der Waals surface area contributed by atoms with Crippen LogP contribution in [0.1, 0.15) is 58.3 Å². The number of fused-ring (bicyclic) bond motifs is 2. The molecule has 0 spiro atoms. The van der Waals surface area contributed by atoms with Gasteiger partial charge in [-0.1, -0.05) is 32.6 Å². The molecule has 1 N–H and O–H groups in total. The van der Waals surface area contributed by atoms with Crippen molar-refractivity contribution in [1.29, 1.82) is 0 Å². The smallest absolute Gasteiger partial charge is 0.0623 e. The van der Waals surface area contributed by atoms with Crippen molar-refractivity contribution in [3.05, 3.63) is 0 Å². The van der Waals surface area contributed by atoms with Crippen molar-refractivity contribution >= 4 is 0 Å². The lowest BCUT2D eigenvalue weighted by molar-refractivity contribution is 0.0835. The summed E-state index contributed by atoms with van der Waals surface area (Å²) in [5.41, 5.74) is 0. The molecule has 17 heavy (non-hydrogen) atoms. The molecule has 2 heterocycles. The van der Waals surface area contributed by atoms with Gasteiger partial charge < -0.3 is 10.1 Å². The summed E-state index contributed by atoms with van der Waals surface area (Å²) in [5, 5.41) is 3.76. The van der Waals surface area contributed by atoms with Crippen molar-refractivity contribution < 1.29 is 4.74 Å². The van der Waals surface area contributed by atoms with E-state index in [1.54, 1.807) is 0 Å². The van der Waals surface area contributed by atoms with E-state index in [1.807, 2.05) is 0 Å². The first-order valence-corrected chi connectivity index (χ1v) is 7.75. The Labute approximate surface area is 105 Å². The van der Waals surface area contributed by atoms with Gasteiger partial charge >= 0.3 is 0 Å². The van der Waals surface area contributed by atoms with E-state index >= 15 is 0 Å². The molecule has 0 amide bonds. The molecule has 2 bridgehead atoms. The largest absolute Gasteiger partial charge is 0.375 e. The second kappa shape index (κ2) is 5.27. The van der Waals surface area contributed by atoms with Gasteiger partial charge in [0.2, 0.25) is 0 Å². The van der Waals surface area contributed by atoms with Gasteiger partial charge in [0, 0.05) is 12.0 Å². The number of rotatable bonds is 5. The van der Waals surface area contributed by atoms with Crippen LogP contribution in [0.15, 0.2) is 0 Å². The zero-order valence-electron chi connectivity index (χ0n) is 11.2. The molecule has 2 heteroatoms. The first-order chi connectivity index (χ1) is 8.36. The van der Waals surface area contributed by atoms with Crippen molar-refractivity contribution in [3.8, 4) is 0 Å². The van der Waals surface area contributed by atoms with E-state index in [-0.39, 0.29) is 0 Å². The summed E-state index contributed by atoms with van der Waals surface area (Å²) in [6.45, 7) is 3.36. The van der Waals surface area contributed by atoms with Gasteiger partial charge in [-0.2, -0.15) is 0 Å². The van der Waals surface area contributed by atoms with Gasteiger partial charge in [0.1, 0.15) is 0 Å². The fourth-order valence-electron chi connectivity index (χ4n) is 4.38. The van der Waals surface area contributed by atoms with E-state index in [1.165, 1.54) is 51.4 Å². The molecule has 3 fully saturated rings. The highest BCUT2D eigenvalue weighted by Gasteiger charge is 2.44. The van der Waals surface area contributed by atoms with E-state index < -0.39 is 0 Å². The van der Waals surface area contributed by atoms with Gasteiger partial charge in [-0.15, -0.1) is 0 Å². The third kappa shape index (κ3) is 2.53. The predicted molar refractivity (Wildman–Crippen MR) is 70.0 cm³/mol. The Bertz CT molecular complexity index is 249. The molecule has 4 atom stereocenters. The Balaban J connectivity index is 1.59. The fraction of sp³-hybridized carbons (Fsp3) is 1.00. The molecule has 3 rings (SSSR count). The summed E-state index contributed by atoms with van der Waals surface area (Å²) in [7, 11) is 0. The molecule has 1 saturated carbocycles. The van der Waals surface area contributed by atoms with Crippen LogP contribution in [0.3, 0.4) is 0 Å². The van der Waals surface area contributed by atoms with Gasteiger partial charge in [0.15, 0.2) is 0 Å². The van der Waals surface area contributed by atoms with Crippen molar-refractivity contribution in [1.82, 2.24) is 5.32 Å². The maximum absolute atomic E-state index is 6.04. The summed E-state index contributed by atoms with van der Waals surface area (Å²) in [4.78, 5) is 0. The fourth-order valence-corrected chi connectivity index (χ4v) is 4.38. The van der Waals surface area contributed by atoms with Crippen LogP contribution in [0.2, 0.25) is 0 Å². The normalized spacial score (nSPS) is 39.0. The molecule has 1 aliphatic carbocycles. The van der Waals surface area contributed by atoms with E-state index in [0.717, 1.165) is 24.4 Å². The first kappa shape index (κ1) is 12.0. The average Bonchev–Trinajstić information content (AvgIpc) is 3.05. The van der Waals surface area contributed by atoms with Crippen LogP contribution in [-0.4, -0.2) is 24.8 Å². The zero-order chi connectivity index (χ0) is 11.7. The zero-order valence-corrected chi connectivity index (χ0v) is 11.2. The molecule has 2 nitrogen and oxygen atoms in total. The van der Waals surface area contributed by atoms with Gasteiger partial charge in [-0.3, -0.25) is 0 Å². The average molecular weight is 237 g/mol. The van der Waals surface area contributed by atoms with Crippen LogP contribution in [0, 0.1) is 11.8 Å². The van der Waals surface area contributed by atoms with Gasteiger partial charge in [0.05, 0.1) is 12.2 Å². The molecular formula is C15H27NO. The maximum Gasteiger partial charge on any atom is 0.0623 e. The van der Waals surface area contributed by atoms with Gasteiger partial charge in [-0.25, -0.2) is 0 Å². The highest BCUT2D eigenvalue weighted by atomic mass is 16.5. The maximum atomic E-state index is 6.04. The Morgan fingerprint density at radius 2 is 2.00 bits per heavy atom. The third-order valence-electron chi connectivity index (χ3n) is 5.20. The lowest BCUT2D eigenvalue weighted by Gasteiger charge is -2.31. The standard InChI is InChI=1S/C15H27NO/c1-2-16-14(9-11-5-3-4-6-11)13-10-12-7-8-15(13)17-12/h11-16H,2-10H2,1H3. The minimum absolute atomic E-state index is 0.588. The van der Waals surface area contributed by atoms with Crippen LogP contribution in [0.25, 0.3) is 0 Å². The Hall–Kier alpha value is -0.0800. The Morgan fingerprint density at radius 1 is 1.18 bits per heavy atom. The molecule has 0 aromatic rings. The van der Waals surface area contributed by atoms with E-state index in [4.69, 9.17) is 4.74 Å². The highest BCUT2D eigenvalue weighted by molar-refractivity contribution is 4.96. The highest BCUT2D eigenvalue weighted by Crippen LogP contribution is 2.42. The van der Waals surface area contributed by atoms with Crippen LogP contribution in [-0.2, 0) is 4.74 Å². The number of hydrogen-bond donors (Lipinski definition) is 1. The molecule has 98 valence electrons. The molecule has 3 aliphatic rings. The molecule has 2 aliphatic heterocycles. The van der Waals surface area contributed by atoms with E-state index in [2.05, 4.69) is 12.2 Å². The monoisotopic (exact) mass is 237 g/mol. The molecule has 0 aromatic carbocycles. The predicted octanol–water partition coefficient (Wildman–Crippen LogP) is 3.11. The lowest BCUT2D eigenvalue weighted by Crippen LogP contribution is -2.41. The van der Waals surface area contributed by atoms with Crippen LogP contribution in [0.5, 0.6) is 0 Å². The van der Waals surface area contributed by atoms with Crippen molar-refractivity contribution in [2.75, 3.05) is 6.54 Å². The SMILES string of the molecule is CCNC(CC1CCCC1)C1CC2CCC1O2. The Kier molecular flexibility index (Phi) is 3.72. The van der Waals surface area contributed by atoms with Crippen LogP contribution >= 0.6 is 0 Å². The van der Waals surface area contributed by atoms with E-state index in [9.17, 15) is 0 Å². The van der Waals surface area contributed by atoms with Gasteiger partial charge in [0.25, 0.3) is 0 Å². The summed E-state index contributed by atoms with van der Waals surface area (Å²) in [6.07, 6.45) is 12.5. The lowest BCUT2D eigenvalue weighted by atomic mass is 9.80. The minimum Gasteiger partial charge on any atom is -0.375 e. The van der Waals surface area contributed by atoms with Crippen LogP contribution < -0.4 is 5.32 Å². The molecule has 2 saturated heterocycles. The molecule has 0 aromatic heterocycles. The Morgan fingerprint density at radius 3 is 2.59 bits per heavy atom. The summed E-state index contributed by atoms with van der Waals surface area (Å²) < 4.78 is 6.04. The third-order valence-corrected chi connectivity index (χ3v) is 5.20. The number of hydrogen-bond acceptors (Lipinski definition) is 2. The first-order valence-electron chi connectivity index (χ1n) is 7.75. The second-order valence-corrected chi connectivity index (χ2v) is 6.32. The van der Waals surface area contributed by atoms with Crippen LogP contribution in [0.4, 0.5) is 0 Å². The number of nitrogens with one attached hydrogen (secondary N) is 1. The summed E-state index contributed by atoms with van der Waals surface area (Å²) in [5.74, 6) is 1.81. The molecular weight excluding hydrogens is 210 g/mol. The van der Waals surface area contributed by atoms with Crippen molar-refractivity contribution in [2.45, 2.75) is 76.5 Å².